The van der Waals surface area contributed by atoms with Crippen molar-refractivity contribution in [2.45, 2.75) is 11.0 Å². The van der Waals surface area contributed by atoms with Crippen molar-refractivity contribution in [3.8, 4) is 0 Å². The van der Waals surface area contributed by atoms with Crippen LogP contribution in [0.15, 0.2) is 0 Å². The van der Waals surface area contributed by atoms with E-state index in [-0.39, 0.29) is 0 Å². The molecule has 0 aromatic rings. The summed E-state index contributed by atoms with van der Waals surface area (Å²) in [5.74, 6) is 0. The second kappa shape index (κ2) is 4.20. The number of hydrogen-bond donors (Lipinski definition) is 0. The van der Waals surface area contributed by atoms with Crippen LogP contribution in [0.4, 0.5) is 26.3 Å². The molecule has 0 saturated carbocycles. The third kappa shape index (κ3) is 3.04. The van der Waals surface area contributed by atoms with Crippen molar-refractivity contribution in [1.29, 1.82) is 0 Å². The molecular formula is C2F6O7S3. The van der Waals surface area contributed by atoms with Crippen LogP contribution >= 0.6 is 0 Å². The van der Waals surface area contributed by atoms with Crippen LogP contribution < -0.4 is 0 Å². The second-order valence-corrected chi connectivity index (χ2v) is 8.92. The first-order valence-electron chi connectivity index (χ1n) is 3.04. The molecule has 0 N–H and O–H groups in total. The van der Waals surface area contributed by atoms with Crippen LogP contribution in [0.5, 0.6) is 0 Å². The van der Waals surface area contributed by atoms with Crippen LogP contribution in [0.1, 0.15) is 0 Å². The van der Waals surface area contributed by atoms with Gasteiger partial charge in [-0.05, 0) is 0 Å². The Morgan fingerprint density at radius 3 is 1.22 bits per heavy atom. The fourth-order valence-electron chi connectivity index (χ4n) is 0.301. The molecule has 110 valence electrons. The van der Waals surface area contributed by atoms with Gasteiger partial charge in [0.15, 0.2) is 0 Å². The minimum atomic E-state index is -7.30. The van der Waals surface area contributed by atoms with Gasteiger partial charge in [0.25, 0.3) is 0 Å². The molecule has 0 atom stereocenters. The van der Waals surface area contributed by atoms with E-state index in [2.05, 4.69) is 3.63 Å². The molecule has 0 aromatic heterocycles. The SMILES string of the molecule is O=S(=O)(OS(=O)(=O)S(=O)(=O)C(F)(F)F)C(F)(F)F. The predicted molar refractivity (Wildman–Crippen MR) is 40.0 cm³/mol. The summed E-state index contributed by atoms with van der Waals surface area (Å²) in [7, 11) is -21.5. The van der Waals surface area contributed by atoms with Crippen molar-refractivity contribution < 1.29 is 55.2 Å². The highest BCUT2D eigenvalue weighted by Gasteiger charge is 2.60. The molecule has 0 bridgehead atoms. The van der Waals surface area contributed by atoms with Crippen LogP contribution in [0.3, 0.4) is 0 Å². The third-order valence-corrected chi connectivity index (χ3v) is 6.74. The van der Waals surface area contributed by atoms with Gasteiger partial charge in [0.1, 0.15) is 0 Å². The maximum absolute atomic E-state index is 11.7. The molecule has 0 spiro atoms. The predicted octanol–water partition coefficient (Wildman–Crippen LogP) is 0.0320. The fourth-order valence-corrected chi connectivity index (χ4v) is 4.02. The Kier molecular flexibility index (Phi) is 4.06. The summed E-state index contributed by atoms with van der Waals surface area (Å²) in [6, 6.07) is 0. The quantitative estimate of drug-likeness (QED) is 0.403. The summed E-state index contributed by atoms with van der Waals surface area (Å²) in [5, 5.41) is 0. The van der Waals surface area contributed by atoms with E-state index in [9.17, 15) is 51.6 Å². The molecule has 0 radical (unpaired) electrons. The van der Waals surface area contributed by atoms with E-state index in [0.29, 0.717) is 0 Å². The van der Waals surface area contributed by atoms with Gasteiger partial charge in [0.05, 0.1) is 0 Å². The summed E-state index contributed by atoms with van der Waals surface area (Å²) in [5.41, 5.74) is -13.0. The lowest BCUT2D eigenvalue weighted by atomic mass is 11.6. The Hall–Kier alpha value is -0.610. The first kappa shape index (κ1) is 17.4. The average molecular weight is 346 g/mol. The highest BCUT2D eigenvalue weighted by atomic mass is 33.2. The van der Waals surface area contributed by atoms with E-state index < -0.39 is 39.2 Å². The van der Waals surface area contributed by atoms with Crippen molar-refractivity contribution in [2.75, 3.05) is 0 Å². The van der Waals surface area contributed by atoms with Crippen molar-refractivity contribution in [1.82, 2.24) is 0 Å². The number of alkyl halides is 6. The van der Waals surface area contributed by atoms with Gasteiger partial charge in [-0.1, -0.05) is 0 Å². The summed E-state index contributed by atoms with van der Waals surface area (Å²) in [6.07, 6.45) is 0. The normalized spacial score (nSPS) is 15.7. The first-order valence-corrected chi connectivity index (χ1v) is 7.86. The standard InChI is InChI=1S/C2F6O7S3/c3-1(4,5)16(9,10)15-18(13,14)17(11,12)2(6,7)8. The van der Waals surface area contributed by atoms with Crippen LogP contribution in [-0.2, 0) is 31.8 Å². The van der Waals surface area contributed by atoms with Crippen LogP contribution in [-0.4, -0.2) is 36.3 Å². The molecule has 0 aliphatic rings. The van der Waals surface area contributed by atoms with Gasteiger partial charge < -0.3 is 0 Å². The lowest BCUT2D eigenvalue weighted by molar-refractivity contribution is -0.0502. The largest absolute Gasteiger partial charge is 0.524 e. The van der Waals surface area contributed by atoms with E-state index in [1.54, 1.807) is 0 Å². The van der Waals surface area contributed by atoms with E-state index in [0.717, 1.165) is 0 Å². The monoisotopic (exact) mass is 346 g/mol. The van der Waals surface area contributed by atoms with Gasteiger partial charge in [0, 0.05) is 0 Å². The average Bonchev–Trinajstić information content (AvgIpc) is 1.96. The fraction of sp³-hybridized carbons (Fsp3) is 1.00. The highest BCUT2D eigenvalue weighted by Crippen LogP contribution is 2.33. The summed E-state index contributed by atoms with van der Waals surface area (Å²) in [4.78, 5) is 0. The Balaban J connectivity index is 5.81. The first-order chi connectivity index (χ1) is 7.46. The molecule has 0 aromatic carbocycles. The molecule has 16 heteroatoms. The van der Waals surface area contributed by atoms with Gasteiger partial charge in [-0.2, -0.15) is 43.2 Å². The molecule has 18 heavy (non-hydrogen) atoms. The molecule has 0 saturated heterocycles. The molecule has 0 aliphatic heterocycles. The molecule has 0 heterocycles. The Morgan fingerprint density at radius 1 is 0.667 bits per heavy atom. The van der Waals surface area contributed by atoms with Gasteiger partial charge in [-0.15, -0.1) is 3.63 Å². The Morgan fingerprint density at radius 2 is 1.00 bits per heavy atom. The van der Waals surface area contributed by atoms with Crippen molar-refractivity contribution in [3.63, 3.8) is 0 Å². The maximum atomic E-state index is 11.7. The molecule has 0 rings (SSSR count). The molecule has 0 unspecified atom stereocenters. The minimum absolute atomic E-state index is 2.09. The van der Waals surface area contributed by atoms with Crippen LogP contribution in [0.25, 0.3) is 0 Å². The van der Waals surface area contributed by atoms with Gasteiger partial charge in [-0.25, -0.2) is 8.42 Å². The smallest absolute Gasteiger partial charge is 0.201 e. The molecule has 7 nitrogen and oxygen atoms in total. The van der Waals surface area contributed by atoms with E-state index in [4.69, 9.17) is 0 Å². The zero-order chi connectivity index (χ0) is 15.2. The number of rotatable bonds is 3. The second-order valence-electron chi connectivity index (χ2n) is 2.28. The van der Waals surface area contributed by atoms with Crippen molar-refractivity contribution >= 4 is 28.1 Å². The number of halogens is 6. The van der Waals surface area contributed by atoms with Crippen LogP contribution in [0.2, 0.25) is 0 Å². The maximum Gasteiger partial charge on any atom is 0.524 e. The summed E-state index contributed by atoms with van der Waals surface area (Å²) in [6.45, 7) is 0. The summed E-state index contributed by atoms with van der Waals surface area (Å²) < 4.78 is 133. The minimum Gasteiger partial charge on any atom is -0.201 e. The zero-order valence-corrected chi connectivity index (χ0v) is 9.80. The van der Waals surface area contributed by atoms with Crippen LogP contribution in [0, 0.1) is 0 Å². The summed E-state index contributed by atoms with van der Waals surface area (Å²) >= 11 is 0. The molecule has 0 fully saturated rings. The number of hydrogen-bond acceptors (Lipinski definition) is 7. The Labute approximate surface area is 94.9 Å². The van der Waals surface area contributed by atoms with Crippen molar-refractivity contribution in [2.24, 2.45) is 0 Å². The lowest BCUT2D eigenvalue weighted by Gasteiger charge is -2.10. The van der Waals surface area contributed by atoms with E-state index in [1.165, 1.54) is 0 Å². The topological polar surface area (TPSA) is 112 Å². The van der Waals surface area contributed by atoms with Gasteiger partial charge >= 0.3 is 39.2 Å². The van der Waals surface area contributed by atoms with E-state index in [1.807, 2.05) is 0 Å². The molecular weight excluding hydrogens is 346 g/mol. The van der Waals surface area contributed by atoms with Crippen molar-refractivity contribution in [3.05, 3.63) is 0 Å². The zero-order valence-electron chi connectivity index (χ0n) is 7.35. The van der Waals surface area contributed by atoms with Gasteiger partial charge in [-0.3, -0.25) is 0 Å². The highest BCUT2D eigenvalue weighted by molar-refractivity contribution is 8.66. The molecule has 0 aliphatic carbocycles. The molecule has 0 amide bonds. The lowest BCUT2D eigenvalue weighted by Crippen LogP contribution is -2.36. The van der Waals surface area contributed by atoms with E-state index >= 15 is 0 Å². The Bertz CT molecular complexity index is 616. The van der Waals surface area contributed by atoms with Gasteiger partial charge in [0.2, 0.25) is 0 Å². The third-order valence-electron chi connectivity index (χ3n) is 1.01.